The molecule has 1 heterocycles. The van der Waals surface area contributed by atoms with Crippen molar-refractivity contribution in [2.45, 2.75) is 25.2 Å². The zero-order chi connectivity index (χ0) is 16.5. The molecule has 0 aromatic heterocycles. The van der Waals surface area contributed by atoms with Crippen molar-refractivity contribution in [2.75, 3.05) is 17.2 Å². The summed E-state index contributed by atoms with van der Waals surface area (Å²) >= 11 is 1.15. The first-order valence-corrected chi connectivity index (χ1v) is 9.13. The van der Waals surface area contributed by atoms with Crippen LogP contribution in [0.2, 0.25) is 0 Å². The summed E-state index contributed by atoms with van der Waals surface area (Å²) in [6.45, 7) is 3.51. The molecule has 6 nitrogen and oxygen atoms in total. The van der Waals surface area contributed by atoms with E-state index < -0.39 is 10.1 Å². The molecule has 0 radical (unpaired) electrons. The third kappa shape index (κ3) is 3.88. The first-order valence-electron chi connectivity index (χ1n) is 6.70. The van der Waals surface area contributed by atoms with E-state index in [4.69, 9.17) is 0 Å². The molecule has 2 rings (SSSR count). The summed E-state index contributed by atoms with van der Waals surface area (Å²) in [7, 11) is -4.41. The van der Waals surface area contributed by atoms with Crippen molar-refractivity contribution in [3.05, 3.63) is 23.8 Å². The summed E-state index contributed by atoms with van der Waals surface area (Å²) in [5, 5.41) is -0.0140. The number of nitrogens with zero attached hydrogens (tertiary/aromatic N) is 1. The van der Waals surface area contributed by atoms with Gasteiger partial charge < -0.3 is 4.90 Å². The molecule has 22 heavy (non-hydrogen) atoms. The smallest absolute Gasteiger partial charge is 0.296 e. The molecule has 1 N–H and O–H groups in total. The number of hydrogen-bond acceptors (Lipinski definition) is 5. The lowest BCUT2D eigenvalue weighted by Crippen LogP contribution is -2.26. The second-order valence-corrected chi connectivity index (χ2v) is 7.91. The Hall–Kier alpha value is -1.38. The first-order chi connectivity index (χ1) is 10.2. The van der Waals surface area contributed by atoms with Crippen LogP contribution in [0, 0.1) is 12.8 Å². The SMILES string of the molecule is CC(=O)SCC1CC(=O)N(c2ccc(C)cc2S(=O)(=O)O)C1. The van der Waals surface area contributed by atoms with E-state index in [-0.39, 0.29) is 33.9 Å². The van der Waals surface area contributed by atoms with E-state index in [1.807, 2.05) is 0 Å². The van der Waals surface area contributed by atoms with Gasteiger partial charge in [-0.25, -0.2) is 0 Å². The molecule has 1 aliphatic rings. The Morgan fingerprint density at radius 3 is 2.73 bits per heavy atom. The molecule has 8 heteroatoms. The van der Waals surface area contributed by atoms with Crippen molar-refractivity contribution in [1.82, 2.24) is 0 Å². The lowest BCUT2D eigenvalue weighted by molar-refractivity contribution is -0.117. The molecular weight excluding hydrogens is 326 g/mol. The van der Waals surface area contributed by atoms with E-state index in [2.05, 4.69) is 0 Å². The molecule has 0 saturated carbocycles. The van der Waals surface area contributed by atoms with Crippen molar-refractivity contribution >= 4 is 38.6 Å². The summed E-state index contributed by atoms with van der Waals surface area (Å²) in [4.78, 5) is 24.3. The fraction of sp³-hybridized carbons (Fsp3) is 0.429. The Bertz CT molecular complexity index is 714. The minimum Gasteiger partial charge on any atom is -0.311 e. The number of carbonyl (C=O) groups excluding carboxylic acids is 2. The highest BCUT2D eigenvalue weighted by molar-refractivity contribution is 8.13. The summed E-state index contributed by atoms with van der Waals surface area (Å²) in [6, 6.07) is 4.56. The molecule has 1 aromatic carbocycles. The van der Waals surface area contributed by atoms with E-state index in [1.165, 1.54) is 24.0 Å². The lowest BCUT2D eigenvalue weighted by atomic mass is 10.1. The third-order valence-corrected chi connectivity index (χ3v) is 5.34. The van der Waals surface area contributed by atoms with Gasteiger partial charge in [0.25, 0.3) is 10.1 Å². The number of carbonyl (C=O) groups is 2. The van der Waals surface area contributed by atoms with Gasteiger partial charge in [-0.3, -0.25) is 14.1 Å². The molecular formula is C14H17NO5S2. The fourth-order valence-corrected chi connectivity index (χ4v) is 3.88. The highest BCUT2D eigenvalue weighted by Gasteiger charge is 2.33. The minimum atomic E-state index is -4.41. The largest absolute Gasteiger partial charge is 0.311 e. The molecule has 1 saturated heterocycles. The van der Waals surface area contributed by atoms with E-state index in [1.54, 1.807) is 13.0 Å². The highest BCUT2D eigenvalue weighted by Crippen LogP contribution is 2.32. The van der Waals surface area contributed by atoms with Crippen LogP contribution < -0.4 is 4.90 Å². The topological polar surface area (TPSA) is 91.8 Å². The summed E-state index contributed by atoms with van der Waals surface area (Å²) in [5.74, 6) is 0.296. The number of aryl methyl sites for hydroxylation is 1. The van der Waals surface area contributed by atoms with Crippen LogP contribution in [0.1, 0.15) is 18.9 Å². The first kappa shape index (κ1) is 17.0. The normalized spacial score (nSPS) is 18.8. The number of amides is 1. The van der Waals surface area contributed by atoms with Crippen molar-refractivity contribution in [3.63, 3.8) is 0 Å². The van der Waals surface area contributed by atoms with Gasteiger partial charge in [-0.15, -0.1) is 0 Å². The van der Waals surface area contributed by atoms with Gasteiger partial charge in [0.15, 0.2) is 5.12 Å². The van der Waals surface area contributed by atoms with Crippen LogP contribution in [-0.2, 0) is 19.7 Å². The van der Waals surface area contributed by atoms with E-state index >= 15 is 0 Å². The van der Waals surface area contributed by atoms with E-state index in [0.717, 1.165) is 11.8 Å². The van der Waals surface area contributed by atoms with Gasteiger partial charge in [-0.2, -0.15) is 8.42 Å². The second kappa shape index (κ2) is 6.39. The average Bonchev–Trinajstić information content (AvgIpc) is 2.76. The molecule has 1 unspecified atom stereocenters. The van der Waals surface area contributed by atoms with Crippen molar-refractivity contribution in [2.24, 2.45) is 5.92 Å². The number of hydrogen-bond donors (Lipinski definition) is 1. The van der Waals surface area contributed by atoms with Crippen LogP contribution in [0.25, 0.3) is 0 Å². The van der Waals surface area contributed by atoms with Crippen LogP contribution in [-0.4, -0.2) is 36.3 Å². The molecule has 1 atom stereocenters. The van der Waals surface area contributed by atoms with Gasteiger partial charge in [0.2, 0.25) is 5.91 Å². The Morgan fingerprint density at radius 2 is 2.14 bits per heavy atom. The second-order valence-electron chi connectivity index (χ2n) is 5.32. The number of thioether (sulfide) groups is 1. The van der Waals surface area contributed by atoms with Crippen LogP contribution in [0.4, 0.5) is 5.69 Å². The van der Waals surface area contributed by atoms with Gasteiger partial charge in [-0.05, 0) is 30.5 Å². The standard InChI is InChI=1S/C14H17NO5S2/c1-9-3-4-12(13(5-9)22(18,19)20)15-7-11(6-14(15)17)8-21-10(2)16/h3-5,11H,6-8H2,1-2H3,(H,18,19,20). The molecule has 0 bridgehead atoms. The molecule has 1 fully saturated rings. The number of rotatable bonds is 4. The molecule has 1 amide bonds. The van der Waals surface area contributed by atoms with Gasteiger partial charge in [0, 0.05) is 25.6 Å². The summed E-state index contributed by atoms with van der Waals surface area (Å²) in [5.41, 5.74) is 0.861. The number of benzene rings is 1. The molecule has 0 spiro atoms. The average molecular weight is 343 g/mol. The number of anilines is 1. The van der Waals surface area contributed by atoms with Gasteiger partial charge >= 0.3 is 0 Å². The lowest BCUT2D eigenvalue weighted by Gasteiger charge is -2.19. The van der Waals surface area contributed by atoms with Gasteiger partial charge in [-0.1, -0.05) is 17.8 Å². The molecule has 120 valence electrons. The molecule has 0 aliphatic carbocycles. The van der Waals surface area contributed by atoms with Crippen LogP contribution in [0.15, 0.2) is 23.1 Å². The van der Waals surface area contributed by atoms with Crippen LogP contribution in [0.5, 0.6) is 0 Å². The summed E-state index contributed by atoms with van der Waals surface area (Å²) < 4.78 is 32.4. The predicted octanol–water partition coefficient (Wildman–Crippen LogP) is 1.87. The maximum absolute atomic E-state index is 12.1. The Kier molecular flexibility index (Phi) is 4.93. The van der Waals surface area contributed by atoms with Crippen LogP contribution >= 0.6 is 11.8 Å². The molecule has 1 aromatic rings. The van der Waals surface area contributed by atoms with Gasteiger partial charge in [0.1, 0.15) is 4.90 Å². The zero-order valence-corrected chi connectivity index (χ0v) is 13.9. The maximum atomic E-state index is 12.1. The summed E-state index contributed by atoms with van der Waals surface area (Å²) in [6.07, 6.45) is 0.263. The Morgan fingerprint density at radius 1 is 1.45 bits per heavy atom. The van der Waals surface area contributed by atoms with E-state index in [9.17, 15) is 22.6 Å². The highest BCUT2D eigenvalue weighted by atomic mass is 32.2. The van der Waals surface area contributed by atoms with E-state index in [0.29, 0.717) is 17.9 Å². The van der Waals surface area contributed by atoms with Crippen molar-refractivity contribution in [1.29, 1.82) is 0 Å². The van der Waals surface area contributed by atoms with Crippen molar-refractivity contribution < 1.29 is 22.6 Å². The maximum Gasteiger partial charge on any atom is 0.296 e. The van der Waals surface area contributed by atoms with Gasteiger partial charge in [0.05, 0.1) is 5.69 Å². The third-order valence-electron chi connectivity index (χ3n) is 3.41. The fourth-order valence-electron chi connectivity index (χ4n) is 2.41. The Labute approximate surface area is 133 Å². The van der Waals surface area contributed by atoms with Crippen LogP contribution in [0.3, 0.4) is 0 Å². The minimum absolute atomic E-state index is 0.0140. The zero-order valence-electron chi connectivity index (χ0n) is 12.3. The monoisotopic (exact) mass is 343 g/mol. The predicted molar refractivity (Wildman–Crippen MR) is 84.6 cm³/mol. The molecule has 1 aliphatic heterocycles. The van der Waals surface area contributed by atoms with Crippen molar-refractivity contribution in [3.8, 4) is 0 Å². The Balaban J connectivity index is 2.29. The quantitative estimate of drug-likeness (QED) is 0.839.